The number of aryl methyl sites for hydroxylation is 1. The molecule has 0 radical (unpaired) electrons. The van der Waals surface area contributed by atoms with Crippen LogP contribution in [0.3, 0.4) is 0 Å². The number of morpholine rings is 1. The van der Waals surface area contributed by atoms with E-state index in [4.69, 9.17) is 23.9 Å². The number of anilines is 1. The van der Waals surface area contributed by atoms with Crippen LogP contribution >= 0.6 is 11.5 Å². The Bertz CT molecular complexity index is 1090. The standard InChI is InChI=1S/C22H29N5O3S2/c1-14-10-17(27(24-14)19-6-4-5-8-30-19)20-21-22(31-25-20)16(13-32(3)28)11-18(23-21)26-7-9-29-12-15(26)2/h10-11,15,19H,4-9,12-13H2,1-3H3/t15-,19?,32?/m1/s1. The summed E-state index contributed by atoms with van der Waals surface area (Å²) in [5.74, 6) is 1.38. The third-order valence-corrected chi connectivity index (χ3v) is 7.67. The molecule has 0 N–H and O–H groups in total. The highest BCUT2D eigenvalue weighted by molar-refractivity contribution is 7.89. The van der Waals surface area contributed by atoms with Gasteiger partial charge in [0.05, 0.1) is 41.6 Å². The van der Waals surface area contributed by atoms with Gasteiger partial charge in [0.25, 0.3) is 0 Å². The number of hydrogen-bond acceptors (Lipinski definition) is 8. The van der Waals surface area contributed by atoms with Crippen molar-refractivity contribution >= 4 is 38.7 Å². The fraction of sp³-hybridized carbons (Fsp3) is 0.591. The van der Waals surface area contributed by atoms with E-state index in [9.17, 15) is 4.55 Å². The highest BCUT2D eigenvalue weighted by Crippen LogP contribution is 2.37. The number of rotatable bonds is 5. The summed E-state index contributed by atoms with van der Waals surface area (Å²) in [7, 11) is 0. The molecule has 2 aliphatic rings. The molecule has 0 saturated carbocycles. The van der Waals surface area contributed by atoms with Crippen molar-refractivity contribution in [2.75, 3.05) is 37.5 Å². The monoisotopic (exact) mass is 475 g/mol. The molecule has 2 unspecified atom stereocenters. The number of aromatic nitrogens is 4. The molecule has 10 heteroatoms. The van der Waals surface area contributed by atoms with E-state index in [2.05, 4.69) is 24.0 Å². The second kappa shape index (κ2) is 9.26. The molecule has 3 aromatic heterocycles. The van der Waals surface area contributed by atoms with Gasteiger partial charge in [0.1, 0.15) is 22.8 Å². The molecule has 0 spiro atoms. The molecule has 3 aromatic rings. The summed E-state index contributed by atoms with van der Waals surface area (Å²) in [4.78, 5) is 7.36. The van der Waals surface area contributed by atoms with Crippen LogP contribution in [0.2, 0.25) is 0 Å². The van der Waals surface area contributed by atoms with Crippen molar-refractivity contribution in [2.24, 2.45) is 0 Å². The quantitative estimate of drug-likeness (QED) is 0.520. The van der Waals surface area contributed by atoms with E-state index >= 15 is 0 Å². The van der Waals surface area contributed by atoms with Crippen LogP contribution in [-0.2, 0) is 26.4 Å². The van der Waals surface area contributed by atoms with Crippen molar-refractivity contribution < 1.29 is 14.0 Å². The van der Waals surface area contributed by atoms with Crippen molar-refractivity contribution in [2.45, 2.75) is 51.1 Å². The topological polar surface area (TPSA) is 88.4 Å². The summed E-state index contributed by atoms with van der Waals surface area (Å²) in [5, 5.41) is 4.75. The molecule has 32 heavy (non-hydrogen) atoms. The van der Waals surface area contributed by atoms with E-state index < -0.39 is 11.2 Å². The van der Waals surface area contributed by atoms with E-state index in [1.807, 2.05) is 11.6 Å². The number of pyridine rings is 1. The number of nitrogens with zero attached hydrogens (tertiary/aromatic N) is 5. The maximum Gasteiger partial charge on any atom is 0.150 e. The molecule has 172 valence electrons. The van der Waals surface area contributed by atoms with Crippen LogP contribution in [0.25, 0.3) is 21.6 Å². The lowest BCUT2D eigenvalue weighted by atomic mass is 10.1. The SMILES string of the molecule is Cc1cc(-c2nsc3c(C[S+](C)[O-])cc(N4CCOC[C@H]4C)nc23)n(C2CCCCO2)n1. The Morgan fingerprint density at radius 1 is 1.28 bits per heavy atom. The number of ether oxygens (including phenoxy) is 2. The Labute approximate surface area is 195 Å². The molecule has 3 atom stereocenters. The summed E-state index contributed by atoms with van der Waals surface area (Å²) < 4.78 is 31.6. The van der Waals surface area contributed by atoms with Crippen LogP contribution in [0, 0.1) is 6.92 Å². The minimum atomic E-state index is -0.964. The summed E-state index contributed by atoms with van der Waals surface area (Å²) in [5.41, 5.74) is 4.58. The molecule has 8 nitrogen and oxygen atoms in total. The van der Waals surface area contributed by atoms with Crippen LogP contribution in [0.5, 0.6) is 0 Å². The van der Waals surface area contributed by atoms with Gasteiger partial charge in [0.2, 0.25) is 0 Å². The van der Waals surface area contributed by atoms with Crippen LogP contribution < -0.4 is 4.90 Å². The fourth-order valence-corrected chi connectivity index (χ4v) is 6.10. The van der Waals surface area contributed by atoms with E-state index in [-0.39, 0.29) is 12.3 Å². The van der Waals surface area contributed by atoms with E-state index in [0.717, 1.165) is 71.1 Å². The Morgan fingerprint density at radius 3 is 2.91 bits per heavy atom. The summed E-state index contributed by atoms with van der Waals surface area (Å²) >= 11 is 0.463. The van der Waals surface area contributed by atoms with Crippen molar-refractivity contribution in [3.8, 4) is 11.4 Å². The van der Waals surface area contributed by atoms with Gasteiger partial charge in [-0.3, -0.25) is 0 Å². The first-order valence-corrected chi connectivity index (χ1v) is 13.6. The average Bonchev–Trinajstić information content (AvgIpc) is 3.37. The lowest BCUT2D eigenvalue weighted by molar-refractivity contribution is -0.0385. The predicted molar refractivity (Wildman–Crippen MR) is 128 cm³/mol. The Kier molecular flexibility index (Phi) is 6.39. The maximum atomic E-state index is 12.2. The zero-order valence-electron chi connectivity index (χ0n) is 18.7. The molecule has 5 rings (SSSR count). The van der Waals surface area contributed by atoms with E-state index in [0.29, 0.717) is 19.0 Å². The van der Waals surface area contributed by atoms with Gasteiger partial charge in [-0.25, -0.2) is 9.67 Å². The van der Waals surface area contributed by atoms with Crippen LogP contribution in [0.4, 0.5) is 5.82 Å². The second-order valence-electron chi connectivity index (χ2n) is 8.62. The number of fused-ring (bicyclic) bond motifs is 1. The highest BCUT2D eigenvalue weighted by atomic mass is 32.2. The smallest absolute Gasteiger partial charge is 0.150 e. The Balaban J connectivity index is 1.64. The zero-order chi connectivity index (χ0) is 22.2. The average molecular weight is 476 g/mol. The highest BCUT2D eigenvalue weighted by Gasteiger charge is 2.27. The summed E-state index contributed by atoms with van der Waals surface area (Å²) in [6.45, 7) is 7.04. The lowest BCUT2D eigenvalue weighted by Crippen LogP contribution is -2.44. The largest absolute Gasteiger partial charge is 0.616 e. The van der Waals surface area contributed by atoms with Gasteiger partial charge < -0.3 is 18.9 Å². The van der Waals surface area contributed by atoms with Gasteiger partial charge in [-0.2, -0.15) is 9.47 Å². The van der Waals surface area contributed by atoms with Gasteiger partial charge in [0, 0.05) is 18.7 Å². The molecule has 0 bridgehead atoms. The van der Waals surface area contributed by atoms with Crippen molar-refractivity contribution in [3.05, 3.63) is 23.4 Å². The molecule has 2 aliphatic heterocycles. The molecular weight excluding hydrogens is 446 g/mol. The molecule has 5 heterocycles. The van der Waals surface area contributed by atoms with Crippen LogP contribution in [-0.4, -0.2) is 62.4 Å². The minimum Gasteiger partial charge on any atom is -0.616 e. The normalized spacial score (nSPS) is 23.1. The van der Waals surface area contributed by atoms with E-state index in [1.165, 1.54) is 11.5 Å². The number of hydrogen-bond donors (Lipinski definition) is 0. The molecule has 0 amide bonds. The fourth-order valence-electron chi connectivity index (χ4n) is 4.51. The van der Waals surface area contributed by atoms with Crippen molar-refractivity contribution in [1.82, 2.24) is 19.1 Å². The molecule has 0 aromatic carbocycles. The third kappa shape index (κ3) is 4.26. The summed E-state index contributed by atoms with van der Waals surface area (Å²) in [6.07, 6.45) is 4.83. The van der Waals surface area contributed by atoms with Gasteiger partial charge >= 0.3 is 0 Å². The first-order valence-electron chi connectivity index (χ1n) is 11.1. The molecular formula is C22H29N5O3S2. The predicted octanol–water partition coefficient (Wildman–Crippen LogP) is 3.67. The van der Waals surface area contributed by atoms with Crippen LogP contribution in [0.1, 0.15) is 43.7 Å². The minimum absolute atomic E-state index is 0.0748. The summed E-state index contributed by atoms with van der Waals surface area (Å²) in [6, 6.07) is 4.38. The Hall–Kier alpha value is -1.72. The van der Waals surface area contributed by atoms with Crippen LogP contribution in [0.15, 0.2) is 12.1 Å². The first kappa shape index (κ1) is 22.1. The van der Waals surface area contributed by atoms with Gasteiger partial charge in [-0.15, -0.1) is 0 Å². The van der Waals surface area contributed by atoms with Gasteiger partial charge in [0.15, 0.2) is 6.23 Å². The zero-order valence-corrected chi connectivity index (χ0v) is 20.4. The van der Waals surface area contributed by atoms with Gasteiger partial charge in [-0.1, -0.05) is 11.2 Å². The second-order valence-corrected chi connectivity index (χ2v) is 10.8. The van der Waals surface area contributed by atoms with Crippen molar-refractivity contribution in [1.29, 1.82) is 0 Å². The third-order valence-electron chi connectivity index (χ3n) is 6.04. The lowest BCUT2D eigenvalue weighted by Gasteiger charge is -2.34. The first-order chi connectivity index (χ1) is 15.5. The van der Waals surface area contributed by atoms with Gasteiger partial charge in [-0.05, 0) is 56.8 Å². The van der Waals surface area contributed by atoms with Crippen molar-refractivity contribution in [3.63, 3.8) is 0 Å². The molecule has 0 aliphatic carbocycles. The maximum absolute atomic E-state index is 12.2. The van der Waals surface area contributed by atoms with E-state index in [1.54, 1.807) is 6.26 Å². The molecule has 2 saturated heterocycles. The Morgan fingerprint density at radius 2 is 2.16 bits per heavy atom. The molecule has 2 fully saturated rings.